The quantitative estimate of drug-likeness (QED) is 0.783. The molecule has 1 aromatic rings. The molecule has 2 N–H and O–H groups in total. The number of nitrogens with one attached hydrogen (secondary N) is 1. The van der Waals surface area contributed by atoms with E-state index in [2.05, 4.69) is 38.1 Å². The van der Waals surface area contributed by atoms with E-state index in [9.17, 15) is 5.11 Å². The molecule has 4 heteroatoms. The third-order valence-corrected chi connectivity index (χ3v) is 3.16. The van der Waals surface area contributed by atoms with Crippen LogP contribution in [0.1, 0.15) is 52.8 Å². The van der Waals surface area contributed by atoms with E-state index in [1.807, 2.05) is 23.9 Å². The summed E-state index contributed by atoms with van der Waals surface area (Å²) < 4.78 is 1.97. The fourth-order valence-corrected chi connectivity index (χ4v) is 1.78. The van der Waals surface area contributed by atoms with Gasteiger partial charge in [0.25, 0.3) is 0 Å². The second-order valence-electron chi connectivity index (χ2n) is 5.75. The van der Waals surface area contributed by atoms with Crippen LogP contribution in [0, 0.1) is 0 Å². The van der Waals surface area contributed by atoms with E-state index in [0.29, 0.717) is 25.0 Å². The van der Waals surface area contributed by atoms with Gasteiger partial charge in [0.1, 0.15) is 0 Å². The van der Waals surface area contributed by atoms with Gasteiger partial charge in [0.05, 0.1) is 11.3 Å². The first-order chi connectivity index (χ1) is 8.34. The van der Waals surface area contributed by atoms with Crippen LogP contribution in [0.5, 0.6) is 0 Å². The predicted octanol–water partition coefficient (Wildman–Crippen LogP) is 2.15. The van der Waals surface area contributed by atoms with Gasteiger partial charge in [-0.3, -0.25) is 4.68 Å². The monoisotopic (exact) mass is 253 g/mol. The number of nitrogens with zero attached hydrogens (tertiary/aromatic N) is 2. The third-order valence-electron chi connectivity index (χ3n) is 3.16. The molecular weight excluding hydrogens is 226 g/mol. The summed E-state index contributed by atoms with van der Waals surface area (Å²) >= 11 is 0. The summed E-state index contributed by atoms with van der Waals surface area (Å²) in [7, 11) is 0. The van der Waals surface area contributed by atoms with Crippen molar-refractivity contribution in [3.05, 3.63) is 18.0 Å². The minimum absolute atomic E-state index is 0.383. The predicted molar refractivity (Wildman–Crippen MR) is 74.7 cm³/mol. The molecule has 2 unspecified atom stereocenters. The molecule has 0 radical (unpaired) electrons. The zero-order chi connectivity index (χ0) is 13.8. The molecule has 0 aliphatic carbocycles. The molecule has 0 aliphatic rings. The first-order valence-electron chi connectivity index (χ1n) is 6.84. The van der Waals surface area contributed by atoms with Gasteiger partial charge in [-0.1, -0.05) is 20.8 Å². The van der Waals surface area contributed by atoms with E-state index in [1.165, 1.54) is 0 Å². The lowest BCUT2D eigenvalue weighted by atomic mass is 10.00. The summed E-state index contributed by atoms with van der Waals surface area (Å²) in [5.74, 6) is 0. The highest BCUT2D eigenvalue weighted by atomic mass is 16.3. The van der Waals surface area contributed by atoms with E-state index in [4.69, 9.17) is 0 Å². The van der Waals surface area contributed by atoms with E-state index < -0.39 is 5.60 Å². The van der Waals surface area contributed by atoms with E-state index in [0.717, 1.165) is 12.1 Å². The van der Waals surface area contributed by atoms with Crippen LogP contribution < -0.4 is 5.32 Å². The molecule has 0 fully saturated rings. The van der Waals surface area contributed by atoms with Crippen molar-refractivity contribution in [3.8, 4) is 0 Å². The van der Waals surface area contributed by atoms with Crippen molar-refractivity contribution >= 4 is 0 Å². The smallest absolute Gasteiger partial charge is 0.0799 e. The molecule has 1 heterocycles. The Balaban J connectivity index is 2.58. The van der Waals surface area contributed by atoms with Gasteiger partial charge in [0, 0.05) is 31.2 Å². The molecule has 0 saturated heterocycles. The average Bonchev–Trinajstić information content (AvgIpc) is 2.73. The number of rotatable bonds is 7. The highest BCUT2D eigenvalue weighted by molar-refractivity contribution is 5.04. The van der Waals surface area contributed by atoms with Crippen LogP contribution in [0.2, 0.25) is 0 Å². The number of aromatic nitrogens is 2. The van der Waals surface area contributed by atoms with Crippen LogP contribution >= 0.6 is 0 Å². The minimum atomic E-state index is -0.751. The zero-order valence-corrected chi connectivity index (χ0v) is 12.3. The minimum Gasteiger partial charge on any atom is -0.388 e. The highest BCUT2D eigenvalue weighted by Gasteiger charge is 2.22. The number of hydrogen-bond donors (Lipinski definition) is 2. The lowest BCUT2D eigenvalue weighted by Crippen LogP contribution is -2.42. The number of aliphatic hydroxyl groups is 1. The molecule has 18 heavy (non-hydrogen) atoms. The van der Waals surface area contributed by atoms with Crippen LogP contribution in [-0.2, 0) is 6.42 Å². The topological polar surface area (TPSA) is 50.1 Å². The van der Waals surface area contributed by atoms with Crippen LogP contribution in [0.3, 0.4) is 0 Å². The molecule has 4 nitrogen and oxygen atoms in total. The molecule has 0 spiro atoms. The summed E-state index contributed by atoms with van der Waals surface area (Å²) in [6, 6.07) is 2.79. The van der Waals surface area contributed by atoms with Crippen molar-refractivity contribution in [2.45, 2.75) is 65.1 Å². The summed E-state index contributed by atoms with van der Waals surface area (Å²) in [4.78, 5) is 0. The fraction of sp³-hybridized carbons (Fsp3) is 0.786. The molecule has 104 valence electrons. The van der Waals surface area contributed by atoms with Crippen molar-refractivity contribution in [2.24, 2.45) is 0 Å². The van der Waals surface area contributed by atoms with Crippen molar-refractivity contribution in [2.75, 3.05) is 6.54 Å². The summed E-state index contributed by atoms with van der Waals surface area (Å²) in [5.41, 5.74) is 0.199. The lowest BCUT2D eigenvalue weighted by molar-refractivity contribution is 0.0570. The van der Waals surface area contributed by atoms with Gasteiger partial charge in [0.15, 0.2) is 0 Å². The van der Waals surface area contributed by atoms with Crippen molar-refractivity contribution in [3.63, 3.8) is 0 Å². The maximum atomic E-state index is 10.3. The van der Waals surface area contributed by atoms with Gasteiger partial charge in [-0.05, 0) is 26.3 Å². The molecule has 1 aromatic heterocycles. The first-order valence-corrected chi connectivity index (χ1v) is 6.84. The summed E-state index contributed by atoms with van der Waals surface area (Å²) in [5, 5.41) is 18.1. The number of hydrogen-bond acceptors (Lipinski definition) is 3. The lowest BCUT2D eigenvalue weighted by Gasteiger charge is -2.24. The average molecular weight is 253 g/mol. The Morgan fingerprint density at radius 2 is 2.11 bits per heavy atom. The molecule has 1 rings (SSSR count). The third kappa shape index (κ3) is 4.78. The largest absolute Gasteiger partial charge is 0.388 e. The molecule has 2 atom stereocenters. The van der Waals surface area contributed by atoms with E-state index >= 15 is 0 Å². The van der Waals surface area contributed by atoms with Gasteiger partial charge in [0.2, 0.25) is 0 Å². The van der Waals surface area contributed by atoms with Crippen LogP contribution in [-0.4, -0.2) is 33.1 Å². The van der Waals surface area contributed by atoms with Gasteiger partial charge in [-0.15, -0.1) is 0 Å². The molecular formula is C14H27N3O. The van der Waals surface area contributed by atoms with Crippen molar-refractivity contribution in [1.29, 1.82) is 0 Å². The summed E-state index contributed by atoms with van der Waals surface area (Å²) in [6.45, 7) is 10.9. The van der Waals surface area contributed by atoms with Gasteiger partial charge < -0.3 is 10.4 Å². The fourth-order valence-electron chi connectivity index (χ4n) is 1.78. The second kappa shape index (κ2) is 6.34. The Morgan fingerprint density at radius 1 is 1.44 bits per heavy atom. The Bertz CT molecular complexity index is 358. The van der Waals surface area contributed by atoms with Crippen LogP contribution in [0.15, 0.2) is 12.3 Å². The Labute approximate surface area is 110 Å². The zero-order valence-electron chi connectivity index (χ0n) is 12.3. The maximum absolute atomic E-state index is 10.3. The molecule has 0 saturated carbocycles. The first kappa shape index (κ1) is 15.2. The van der Waals surface area contributed by atoms with Crippen molar-refractivity contribution < 1.29 is 5.11 Å². The van der Waals surface area contributed by atoms with Crippen LogP contribution in [0.4, 0.5) is 0 Å². The highest BCUT2D eigenvalue weighted by Crippen LogP contribution is 2.14. The normalized spacial score (nSPS) is 16.8. The molecule has 0 amide bonds. The summed E-state index contributed by atoms with van der Waals surface area (Å²) in [6.07, 6.45) is 3.64. The SMILES string of the molecule is CCC(C)n1ccc(CC(C)(O)CNC(C)C)n1. The second-order valence-corrected chi connectivity index (χ2v) is 5.75. The Kier molecular flexibility index (Phi) is 5.35. The van der Waals surface area contributed by atoms with Crippen molar-refractivity contribution in [1.82, 2.24) is 15.1 Å². The van der Waals surface area contributed by atoms with E-state index in [1.54, 1.807) is 0 Å². The Morgan fingerprint density at radius 3 is 2.67 bits per heavy atom. The van der Waals surface area contributed by atoms with Gasteiger partial charge in [-0.25, -0.2) is 0 Å². The molecule has 0 aromatic carbocycles. The van der Waals surface area contributed by atoms with Gasteiger partial charge >= 0.3 is 0 Å². The Hall–Kier alpha value is -0.870. The van der Waals surface area contributed by atoms with Gasteiger partial charge in [-0.2, -0.15) is 5.10 Å². The standard InChI is InChI=1S/C14H27N3O/c1-6-12(4)17-8-7-13(16-17)9-14(5,18)10-15-11(2)3/h7-8,11-12,15,18H,6,9-10H2,1-5H3. The molecule has 0 aliphatic heterocycles. The molecule has 0 bridgehead atoms. The van der Waals surface area contributed by atoms with E-state index in [-0.39, 0.29) is 0 Å². The van der Waals surface area contributed by atoms with Crippen LogP contribution in [0.25, 0.3) is 0 Å². The maximum Gasteiger partial charge on any atom is 0.0799 e.